The average Bonchev–Trinajstić information content (AvgIpc) is 2.27. The third kappa shape index (κ3) is 4.56. The van der Waals surface area contributed by atoms with E-state index in [1.807, 2.05) is 0 Å². The third-order valence-corrected chi connectivity index (χ3v) is 4.58. The summed E-state index contributed by atoms with van der Waals surface area (Å²) in [4.78, 5) is 0. The third-order valence-electron chi connectivity index (χ3n) is 4.58. The van der Waals surface area contributed by atoms with Crippen molar-refractivity contribution in [1.82, 2.24) is 0 Å². The first-order valence-electron chi connectivity index (χ1n) is 7.33. The maximum Gasteiger partial charge on any atom is 0.122 e. The van der Waals surface area contributed by atoms with Gasteiger partial charge in [0, 0.05) is 0 Å². The molecule has 1 aromatic rings. The predicted octanol–water partition coefficient (Wildman–Crippen LogP) is 5.53. The van der Waals surface area contributed by atoms with Crippen LogP contribution in [0.15, 0.2) is 18.2 Å². The Balaban J connectivity index is 2.45. The lowest BCUT2D eigenvalue weighted by atomic mass is 9.67. The van der Waals surface area contributed by atoms with Crippen LogP contribution in [0, 0.1) is 24.7 Å². The van der Waals surface area contributed by atoms with Crippen LogP contribution in [0.3, 0.4) is 0 Å². The molecule has 0 unspecified atom stereocenters. The van der Waals surface area contributed by atoms with Gasteiger partial charge in [0.05, 0.1) is 6.61 Å². The molecule has 0 N–H and O–H groups in total. The summed E-state index contributed by atoms with van der Waals surface area (Å²) in [6, 6.07) is 6.39. The Morgan fingerprint density at radius 3 is 2.21 bits per heavy atom. The molecule has 0 aliphatic carbocycles. The molecule has 0 aromatic heterocycles. The van der Waals surface area contributed by atoms with Crippen molar-refractivity contribution < 1.29 is 4.74 Å². The smallest absolute Gasteiger partial charge is 0.122 e. The first-order valence-corrected chi connectivity index (χ1v) is 7.33. The molecule has 0 amide bonds. The molecule has 1 nitrogen and oxygen atoms in total. The Morgan fingerprint density at radius 2 is 1.63 bits per heavy atom. The molecule has 0 spiro atoms. The Morgan fingerprint density at radius 1 is 1.00 bits per heavy atom. The molecular formula is C18H30O. The number of hydrogen-bond acceptors (Lipinski definition) is 1. The molecule has 0 atom stereocenters. The van der Waals surface area contributed by atoms with E-state index >= 15 is 0 Å². The average molecular weight is 262 g/mol. The molecule has 108 valence electrons. The highest BCUT2D eigenvalue weighted by molar-refractivity contribution is 5.35. The van der Waals surface area contributed by atoms with Gasteiger partial charge in [0.25, 0.3) is 0 Å². The van der Waals surface area contributed by atoms with Crippen LogP contribution in [-0.2, 0) is 0 Å². The van der Waals surface area contributed by atoms with Crippen LogP contribution < -0.4 is 4.74 Å². The summed E-state index contributed by atoms with van der Waals surface area (Å²) >= 11 is 0. The van der Waals surface area contributed by atoms with E-state index in [0.29, 0.717) is 10.8 Å². The fourth-order valence-electron chi connectivity index (χ4n) is 1.93. The molecule has 1 heteroatoms. The molecule has 0 radical (unpaired) electrons. The quantitative estimate of drug-likeness (QED) is 0.633. The maximum absolute atomic E-state index is 5.93. The lowest BCUT2D eigenvalue weighted by Crippen LogP contribution is -2.29. The second-order valence-electron chi connectivity index (χ2n) is 7.35. The van der Waals surface area contributed by atoms with Crippen LogP contribution in [-0.4, -0.2) is 6.61 Å². The van der Waals surface area contributed by atoms with Gasteiger partial charge in [-0.15, -0.1) is 0 Å². The largest absolute Gasteiger partial charge is 0.493 e. The minimum absolute atomic E-state index is 0.340. The molecule has 19 heavy (non-hydrogen) atoms. The van der Waals surface area contributed by atoms with Gasteiger partial charge >= 0.3 is 0 Å². The SMILES string of the molecule is Cc1ccc(C)c(OCCCC(C)(C)C(C)(C)C)c1. The second-order valence-corrected chi connectivity index (χ2v) is 7.35. The summed E-state index contributed by atoms with van der Waals surface area (Å²) in [7, 11) is 0. The topological polar surface area (TPSA) is 9.23 Å². The van der Waals surface area contributed by atoms with E-state index in [0.717, 1.165) is 18.8 Å². The highest BCUT2D eigenvalue weighted by Gasteiger charge is 2.31. The van der Waals surface area contributed by atoms with Gasteiger partial charge < -0.3 is 4.74 Å². The summed E-state index contributed by atoms with van der Waals surface area (Å²) < 4.78 is 5.93. The van der Waals surface area contributed by atoms with Crippen molar-refractivity contribution in [1.29, 1.82) is 0 Å². The van der Waals surface area contributed by atoms with Crippen molar-refractivity contribution >= 4 is 0 Å². The molecule has 0 saturated carbocycles. The van der Waals surface area contributed by atoms with Crippen LogP contribution in [0.4, 0.5) is 0 Å². The molecule has 0 aliphatic rings. The summed E-state index contributed by atoms with van der Waals surface area (Å²) in [5.41, 5.74) is 3.17. The first kappa shape index (κ1) is 16.1. The fourth-order valence-corrected chi connectivity index (χ4v) is 1.93. The second kappa shape index (κ2) is 5.98. The number of ether oxygens (including phenoxy) is 1. The molecule has 1 aromatic carbocycles. The van der Waals surface area contributed by atoms with Gasteiger partial charge in [0.1, 0.15) is 5.75 Å². The Labute approximate surface area is 119 Å². The zero-order valence-corrected chi connectivity index (χ0v) is 13.8. The highest BCUT2D eigenvalue weighted by Crippen LogP contribution is 2.41. The maximum atomic E-state index is 5.93. The van der Waals surface area contributed by atoms with Gasteiger partial charge in [-0.25, -0.2) is 0 Å². The summed E-state index contributed by atoms with van der Waals surface area (Å²) in [6.45, 7) is 16.7. The van der Waals surface area contributed by atoms with E-state index in [1.54, 1.807) is 0 Å². The summed E-state index contributed by atoms with van der Waals surface area (Å²) in [6.07, 6.45) is 2.30. The van der Waals surface area contributed by atoms with E-state index in [1.165, 1.54) is 17.5 Å². The van der Waals surface area contributed by atoms with Crippen molar-refractivity contribution in [3.63, 3.8) is 0 Å². The van der Waals surface area contributed by atoms with Gasteiger partial charge in [-0.1, -0.05) is 46.8 Å². The monoisotopic (exact) mass is 262 g/mol. The van der Waals surface area contributed by atoms with Crippen molar-refractivity contribution in [3.8, 4) is 5.75 Å². The van der Waals surface area contributed by atoms with Gasteiger partial charge in [-0.3, -0.25) is 0 Å². The van der Waals surface area contributed by atoms with Crippen molar-refractivity contribution in [2.24, 2.45) is 10.8 Å². The zero-order valence-electron chi connectivity index (χ0n) is 13.8. The Kier molecular flexibility index (Phi) is 5.06. The van der Waals surface area contributed by atoms with Gasteiger partial charge in [0.15, 0.2) is 0 Å². The van der Waals surface area contributed by atoms with E-state index < -0.39 is 0 Å². The standard InChI is InChI=1S/C18H30O/c1-14-9-10-15(2)16(13-14)19-12-8-11-18(6,7)17(3,4)5/h9-10,13H,8,11-12H2,1-7H3. The van der Waals surface area contributed by atoms with Gasteiger partial charge in [-0.05, 0) is 54.7 Å². The van der Waals surface area contributed by atoms with E-state index in [-0.39, 0.29) is 0 Å². The van der Waals surface area contributed by atoms with Crippen LogP contribution in [0.1, 0.15) is 58.6 Å². The Bertz CT molecular complexity index is 410. The van der Waals surface area contributed by atoms with Crippen LogP contribution in [0.5, 0.6) is 5.75 Å². The van der Waals surface area contributed by atoms with Crippen molar-refractivity contribution in [3.05, 3.63) is 29.3 Å². The molecule has 0 heterocycles. The first-order chi connectivity index (χ1) is 8.63. The minimum atomic E-state index is 0.340. The minimum Gasteiger partial charge on any atom is -0.493 e. The van der Waals surface area contributed by atoms with E-state index in [2.05, 4.69) is 66.7 Å². The lowest BCUT2D eigenvalue weighted by Gasteiger charge is -2.39. The van der Waals surface area contributed by atoms with Gasteiger partial charge in [-0.2, -0.15) is 0 Å². The summed E-state index contributed by atoms with van der Waals surface area (Å²) in [5.74, 6) is 1.04. The molecule has 1 rings (SSSR count). The highest BCUT2D eigenvalue weighted by atomic mass is 16.5. The number of benzene rings is 1. The fraction of sp³-hybridized carbons (Fsp3) is 0.667. The van der Waals surface area contributed by atoms with Crippen LogP contribution in [0.25, 0.3) is 0 Å². The predicted molar refractivity (Wildman–Crippen MR) is 83.9 cm³/mol. The molecular weight excluding hydrogens is 232 g/mol. The molecule has 0 bridgehead atoms. The molecule has 0 aliphatic heterocycles. The lowest BCUT2D eigenvalue weighted by molar-refractivity contribution is 0.109. The number of aryl methyl sites for hydroxylation is 2. The van der Waals surface area contributed by atoms with Gasteiger partial charge in [0.2, 0.25) is 0 Å². The van der Waals surface area contributed by atoms with E-state index in [9.17, 15) is 0 Å². The van der Waals surface area contributed by atoms with E-state index in [4.69, 9.17) is 4.74 Å². The summed E-state index contributed by atoms with van der Waals surface area (Å²) in [5, 5.41) is 0. The van der Waals surface area contributed by atoms with Crippen molar-refractivity contribution in [2.45, 2.75) is 61.3 Å². The van der Waals surface area contributed by atoms with Crippen LogP contribution >= 0.6 is 0 Å². The molecule has 0 fully saturated rings. The Hall–Kier alpha value is -0.980. The van der Waals surface area contributed by atoms with Crippen molar-refractivity contribution in [2.75, 3.05) is 6.61 Å². The normalized spacial score (nSPS) is 12.6. The zero-order chi connectivity index (χ0) is 14.7. The van der Waals surface area contributed by atoms with Crippen LogP contribution in [0.2, 0.25) is 0 Å². The molecule has 0 saturated heterocycles. The number of rotatable bonds is 5. The number of hydrogen-bond donors (Lipinski definition) is 0.